The smallest absolute Gasteiger partial charge is 0.129 e. The molecule has 3 nitrogen and oxygen atoms in total. The van der Waals surface area contributed by atoms with Crippen LogP contribution in [0.25, 0.3) is 0 Å². The second kappa shape index (κ2) is 6.17. The summed E-state index contributed by atoms with van der Waals surface area (Å²) in [4.78, 5) is 7.24. The van der Waals surface area contributed by atoms with E-state index in [4.69, 9.17) is 4.98 Å². The number of pyridine rings is 1. The van der Waals surface area contributed by atoms with Gasteiger partial charge in [0.1, 0.15) is 5.82 Å². The lowest BCUT2D eigenvalue weighted by molar-refractivity contribution is 0.281. The Kier molecular flexibility index (Phi) is 4.89. The molecule has 0 unspecified atom stereocenters. The number of hydrogen-bond donors (Lipinski definition) is 1. The first-order chi connectivity index (χ1) is 9.71. The molecule has 2 rings (SSSR count). The maximum absolute atomic E-state index is 9.54. The predicted octanol–water partition coefficient (Wildman–Crippen LogP) is 3.59. The highest BCUT2D eigenvalue weighted by Gasteiger charge is 2.25. The molecule has 0 aliphatic carbocycles. The fourth-order valence-corrected chi connectivity index (χ4v) is 3.56. The first-order valence-corrected chi connectivity index (χ1v) is 8.71. The third-order valence-corrected chi connectivity index (χ3v) is 5.36. The SMILES string of the molecule is CC1(C)CCN(c2cc(CO)cc(C(C)(C)C)n2)CCS1. The molecule has 21 heavy (non-hydrogen) atoms. The molecular weight excluding hydrogens is 280 g/mol. The zero-order chi connectivity index (χ0) is 15.7. The fraction of sp³-hybridized carbons (Fsp3) is 0.706. The number of aliphatic hydroxyl groups excluding tert-OH is 1. The Morgan fingerprint density at radius 2 is 2.00 bits per heavy atom. The number of thioether (sulfide) groups is 1. The molecule has 4 heteroatoms. The summed E-state index contributed by atoms with van der Waals surface area (Å²) in [7, 11) is 0. The van der Waals surface area contributed by atoms with Crippen LogP contribution in [0.15, 0.2) is 12.1 Å². The van der Waals surface area contributed by atoms with Crippen molar-refractivity contribution in [3.05, 3.63) is 23.4 Å². The van der Waals surface area contributed by atoms with Crippen molar-refractivity contribution in [2.24, 2.45) is 0 Å². The summed E-state index contributed by atoms with van der Waals surface area (Å²) in [5, 5.41) is 9.54. The van der Waals surface area contributed by atoms with E-state index in [9.17, 15) is 5.11 Å². The Bertz CT molecular complexity index is 494. The van der Waals surface area contributed by atoms with Gasteiger partial charge in [0.2, 0.25) is 0 Å². The lowest BCUT2D eigenvalue weighted by atomic mass is 9.91. The molecular formula is C17H28N2OS. The number of aliphatic hydroxyl groups is 1. The highest BCUT2D eigenvalue weighted by Crippen LogP contribution is 2.33. The van der Waals surface area contributed by atoms with Gasteiger partial charge < -0.3 is 10.0 Å². The molecule has 0 radical (unpaired) electrons. The largest absolute Gasteiger partial charge is 0.392 e. The minimum atomic E-state index is -0.000198. The number of aromatic nitrogens is 1. The van der Waals surface area contributed by atoms with Crippen LogP contribution in [-0.2, 0) is 12.0 Å². The van der Waals surface area contributed by atoms with E-state index in [1.54, 1.807) is 0 Å². The van der Waals surface area contributed by atoms with E-state index in [1.807, 2.05) is 23.9 Å². The fourth-order valence-electron chi connectivity index (χ4n) is 2.46. The lowest BCUT2D eigenvalue weighted by Crippen LogP contribution is -2.29. The van der Waals surface area contributed by atoms with Gasteiger partial charge in [-0.1, -0.05) is 34.6 Å². The van der Waals surface area contributed by atoms with Crippen LogP contribution in [0.4, 0.5) is 5.82 Å². The first kappa shape index (κ1) is 16.6. The van der Waals surface area contributed by atoms with Crippen molar-refractivity contribution in [1.29, 1.82) is 0 Å². The summed E-state index contributed by atoms with van der Waals surface area (Å²) in [5.74, 6) is 2.15. The Balaban J connectivity index is 2.30. The van der Waals surface area contributed by atoms with Crippen LogP contribution < -0.4 is 4.90 Å². The molecule has 1 aliphatic heterocycles. The zero-order valence-corrected chi connectivity index (χ0v) is 14.8. The van der Waals surface area contributed by atoms with Gasteiger partial charge in [-0.05, 0) is 24.1 Å². The van der Waals surface area contributed by atoms with Gasteiger partial charge in [0.05, 0.1) is 6.61 Å². The summed E-state index contributed by atoms with van der Waals surface area (Å²) in [5.41, 5.74) is 2.01. The standard InChI is InChI=1S/C17H28N2OS/c1-16(2,3)14-10-13(12-20)11-15(18-14)19-7-6-17(4,5)21-9-8-19/h10-11,20H,6-9,12H2,1-5H3. The molecule has 1 aromatic heterocycles. The second-order valence-electron chi connectivity index (χ2n) is 7.47. The maximum atomic E-state index is 9.54. The number of rotatable bonds is 2. The highest BCUT2D eigenvalue weighted by atomic mass is 32.2. The van der Waals surface area contributed by atoms with Gasteiger partial charge in [0.15, 0.2) is 0 Å². The second-order valence-corrected chi connectivity index (χ2v) is 9.27. The molecule has 1 N–H and O–H groups in total. The minimum Gasteiger partial charge on any atom is -0.392 e. The minimum absolute atomic E-state index is 0.000198. The van der Waals surface area contributed by atoms with Crippen molar-refractivity contribution in [2.45, 2.75) is 57.8 Å². The van der Waals surface area contributed by atoms with Crippen LogP contribution in [0.3, 0.4) is 0 Å². The molecule has 0 atom stereocenters. The molecule has 0 saturated carbocycles. The van der Waals surface area contributed by atoms with Gasteiger partial charge in [-0.25, -0.2) is 4.98 Å². The van der Waals surface area contributed by atoms with E-state index in [2.05, 4.69) is 39.5 Å². The average molecular weight is 308 g/mol. The lowest BCUT2D eigenvalue weighted by Gasteiger charge is -2.26. The maximum Gasteiger partial charge on any atom is 0.129 e. The van der Waals surface area contributed by atoms with Crippen molar-refractivity contribution in [1.82, 2.24) is 4.98 Å². The molecule has 0 spiro atoms. The van der Waals surface area contributed by atoms with Crippen LogP contribution in [0.2, 0.25) is 0 Å². The average Bonchev–Trinajstić information content (AvgIpc) is 2.58. The molecule has 0 amide bonds. The Morgan fingerprint density at radius 3 is 2.62 bits per heavy atom. The van der Waals surface area contributed by atoms with Crippen LogP contribution in [0.5, 0.6) is 0 Å². The Labute approximate surface area is 133 Å². The summed E-state index contributed by atoms with van der Waals surface area (Å²) in [6, 6.07) is 4.07. The van der Waals surface area contributed by atoms with Crippen molar-refractivity contribution in [3.63, 3.8) is 0 Å². The third-order valence-electron chi connectivity index (χ3n) is 3.98. The quantitative estimate of drug-likeness (QED) is 0.906. The van der Waals surface area contributed by atoms with Gasteiger partial charge in [-0.2, -0.15) is 11.8 Å². The van der Waals surface area contributed by atoms with E-state index < -0.39 is 0 Å². The van der Waals surface area contributed by atoms with Crippen LogP contribution >= 0.6 is 11.8 Å². The molecule has 118 valence electrons. The van der Waals surface area contributed by atoms with E-state index in [1.165, 1.54) is 0 Å². The van der Waals surface area contributed by atoms with E-state index >= 15 is 0 Å². The summed E-state index contributed by atoms with van der Waals surface area (Å²) in [6.45, 7) is 13.3. The monoisotopic (exact) mass is 308 g/mol. The Hall–Kier alpha value is -0.740. The summed E-state index contributed by atoms with van der Waals surface area (Å²) < 4.78 is 0.343. The molecule has 2 heterocycles. The van der Waals surface area contributed by atoms with Gasteiger partial charge in [-0.3, -0.25) is 0 Å². The number of anilines is 1. The van der Waals surface area contributed by atoms with E-state index in [0.29, 0.717) is 4.75 Å². The van der Waals surface area contributed by atoms with Crippen molar-refractivity contribution < 1.29 is 5.11 Å². The van der Waals surface area contributed by atoms with Crippen LogP contribution in [0, 0.1) is 0 Å². The van der Waals surface area contributed by atoms with Crippen molar-refractivity contribution >= 4 is 17.6 Å². The predicted molar refractivity (Wildman–Crippen MR) is 92.2 cm³/mol. The number of nitrogens with zero attached hydrogens (tertiary/aromatic N) is 2. The van der Waals surface area contributed by atoms with Crippen LogP contribution in [-0.4, -0.2) is 33.7 Å². The van der Waals surface area contributed by atoms with Gasteiger partial charge in [-0.15, -0.1) is 0 Å². The van der Waals surface area contributed by atoms with Gasteiger partial charge in [0, 0.05) is 34.7 Å². The first-order valence-electron chi connectivity index (χ1n) is 7.72. The Morgan fingerprint density at radius 1 is 1.29 bits per heavy atom. The highest BCUT2D eigenvalue weighted by molar-refractivity contribution is 8.00. The molecule has 1 saturated heterocycles. The third kappa shape index (κ3) is 4.36. The summed E-state index contributed by atoms with van der Waals surface area (Å²) in [6.07, 6.45) is 1.16. The molecule has 0 bridgehead atoms. The van der Waals surface area contributed by atoms with Crippen molar-refractivity contribution in [2.75, 3.05) is 23.7 Å². The normalized spacial score (nSPS) is 19.4. The van der Waals surface area contributed by atoms with Crippen LogP contribution in [0.1, 0.15) is 52.3 Å². The van der Waals surface area contributed by atoms with Gasteiger partial charge >= 0.3 is 0 Å². The molecule has 0 aromatic carbocycles. The van der Waals surface area contributed by atoms with E-state index in [-0.39, 0.29) is 12.0 Å². The van der Waals surface area contributed by atoms with E-state index in [0.717, 1.165) is 42.3 Å². The number of hydrogen-bond acceptors (Lipinski definition) is 4. The molecule has 1 aliphatic rings. The topological polar surface area (TPSA) is 36.4 Å². The molecule has 1 aromatic rings. The van der Waals surface area contributed by atoms with Gasteiger partial charge in [0.25, 0.3) is 0 Å². The van der Waals surface area contributed by atoms with Crippen molar-refractivity contribution in [3.8, 4) is 0 Å². The summed E-state index contributed by atoms with van der Waals surface area (Å²) >= 11 is 2.04. The zero-order valence-electron chi connectivity index (χ0n) is 13.9. The molecule has 1 fully saturated rings.